The first-order valence-electron chi connectivity index (χ1n) is 12.7. The average Bonchev–Trinajstić information content (AvgIpc) is 3.09. The molecule has 4 rings (SSSR count). The lowest BCUT2D eigenvalue weighted by Crippen LogP contribution is -2.45. The van der Waals surface area contributed by atoms with Crippen molar-refractivity contribution in [3.8, 4) is 0 Å². The molecule has 0 aliphatic heterocycles. The highest BCUT2D eigenvalue weighted by Gasteiger charge is 2.53. The minimum atomic E-state index is 0.483. The first-order valence-corrected chi connectivity index (χ1v) is 12.7. The van der Waals surface area contributed by atoms with Crippen molar-refractivity contribution in [1.29, 1.82) is 0 Å². The van der Waals surface area contributed by atoms with Crippen LogP contribution in [0.2, 0.25) is 0 Å². The number of hydrogen-bond donors (Lipinski definition) is 0. The molecule has 3 fully saturated rings. The summed E-state index contributed by atoms with van der Waals surface area (Å²) >= 11 is 0. The van der Waals surface area contributed by atoms with Crippen molar-refractivity contribution in [2.45, 2.75) is 99.3 Å². The standard InChI is InChI=1S/C28H46/c1-18(2)8-7-9-20(4)23-12-13-25-24-11-10-22-16-19(3)14-15-28(22,6)26(24)17-21(5)27(23)25/h10-11,18-21,23,25-27H,7-9,12-17H2,1-6H3/t19-,20+,21+,23+,25-,26-,27+,28-/m0/s1. The van der Waals surface area contributed by atoms with Crippen LogP contribution in [0.4, 0.5) is 0 Å². The molecule has 0 aromatic carbocycles. The Labute approximate surface area is 175 Å². The van der Waals surface area contributed by atoms with Crippen LogP contribution < -0.4 is 0 Å². The summed E-state index contributed by atoms with van der Waals surface area (Å²) in [6.45, 7) is 15.1. The quantitative estimate of drug-likeness (QED) is 0.447. The van der Waals surface area contributed by atoms with Crippen molar-refractivity contribution < 1.29 is 0 Å². The van der Waals surface area contributed by atoms with Gasteiger partial charge in [0.05, 0.1) is 0 Å². The Morgan fingerprint density at radius 2 is 1.82 bits per heavy atom. The maximum atomic E-state index is 2.64. The third kappa shape index (κ3) is 3.56. The number of rotatable bonds is 5. The summed E-state index contributed by atoms with van der Waals surface area (Å²) in [5, 5.41) is 0. The van der Waals surface area contributed by atoms with Gasteiger partial charge in [0.2, 0.25) is 0 Å². The minimum absolute atomic E-state index is 0.483. The predicted molar refractivity (Wildman–Crippen MR) is 122 cm³/mol. The van der Waals surface area contributed by atoms with Crippen molar-refractivity contribution in [1.82, 2.24) is 0 Å². The van der Waals surface area contributed by atoms with Gasteiger partial charge in [-0.25, -0.2) is 0 Å². The molecule has 0 N–H and O–H groups in total. The Kier molecular flexibility index (Phi) is 5.89. The molecular weight excluding hydrogens is 336 g/mol. The van der Waals surface area contributed by atoms with E-state index in [1.165, 1.54) is 57.8 Å². The van der Waals surface area contributed by atoms with Gasteiger partial charge in [-0.1, -0.05) is 84.1 Å². The molecule has 0 bridgehead atoms. The largest absolute Gasteiger partial charge is 0.0634 e. The highest BCUT2D eigenvalue weighted by molar-refractivity contribution is 5.38. The van der Waals surface area contributed by atoms with Gasteiger partial charge in [0.15, 0.2) is 0 Å². The summed E-state index contributed by atoms with van der Waals surface area (Å²) in [4.78, 5) is 0. The van der Waals surface area contributed by atoms with E-state index in [9.17, 15) is 0 Å². The molecule has 8 atom stereocenters. The fourth-order valence-electron chi connectivity index (χ4n) is 8.05. The minimum Gasteiger partial charge on any atom is -0.0634 e. The van der Waals surface area contributed by atoms with E-state index < -0.39 is 0 Å². The van der Waals surface area contributed by atoms with Crippen LogP contribution in [0, 0.1) is 52.8 Å². The van der Waals surface area contributed by atoms with Crippen molar-refractivity contribution in [2.24, 2.45) is 52.8 Å². The Hall–Kier alpha value is -0.520. The molecular formula is C28H46. The summed E-state index contributed by atoms with van der Waals surface area (Å²) in [6.07, 6.45) is 18.2. The normalized spacial score (nSPS) is 43.7. The Morgan fingerprint density at radius 3 is 2.57 bits per heavy atom. The fraction of sp³-hybridized carbons (Fsp3) is 0.857. The van der Waals surface area contributed by atoms with Crippen LogP contribution in [-0.2, 0) is 0 Å². The Bertz CT molecular complexity index is 622. The van der Waals surface area contributed by atoms with Crippen LogP contribution in [0.1, 0.15) is 99.3 Å². The molecule has 0 spiro atoms. The van der Waals surface area contributed by atoms with E-state index in [1.54, 1.807) is 5.57 Å². The first kappa shape index (κ1) is 20.7. The predicted octanol–water partition coefficient (Wildman–Crippen LogP) is 8.44. The van der Waals surface area contributed by atoms with Crippen LogP contribution in [0.15, 0.2) is 23.3 Å². The third-order valence-electron chi connectivity index (χ3n) is 9.74. The maximum Gasteiger partial charge on any atom is -0.00473 e. The van der Waals surface area contributed by atoms with Crippen molar-refractivity contribution in [3.63, 3.8) is 0 Å². The van der Waals surface area contributed by atoms with Crippen LogP contribution in [0.3, 0.4) is 0 Å². The van der Waals surface area contributed by atoms with E-state index in [-0.39, 0.29) is 0 Å². The number of allylic oxidation sites excluding steroid dienone is 4. The molecule has 0 amide bonds. The van der Waals surface area contributed by atoms with Gasteiger partial charge < -0.3 is 0 Å². The second-order valence-electron chi connectivity index (χ2n) is 12.1. The SMILES string of the molecule is CC(C)CCC[C@@H](C)[C@H]1CC[C@H]2C3=CC=C4C[C@@H](C)CC[C@]4(C)[C@H]3C[C@@H](C)[C@H]12. The Morgan fingerprint density at radius 1 is 1.04 bits per heavy atom. The van der Waals surface area contributed by atoms with E-state index in [0.717, 1.165) is 47.3 Å². The number of hydrogen-bond acceptors (Lipinski definition) is 0. The second-order valence-corrected chi connectivity index (χ2v) is 12.1. The van der Waals surface area contributed by atoms with Crippen molar-refractivity contribution in [2.75, 3.05) is 0 Å². The number of fused-ring (bicyclic) bond motifs is 5. The zero-order chi connectivity index (χ0) is 20.1. The van der Waals surface area contributed by atoms with E-state index in [0.29, 0.717) is 5.41 Å². The monoisotopic (exact) mass is 382 g/mol. The van der Waals surface area contributed by atoms with Crippen LogP contribution >= 0.6 is 0 Å². The maximum absolute atomic E-state index is 2.64. The average molecular weight is 383 g/mol. The molecule has 0 heterocycles. The van der Waals surface area contributed by atoms with Crippen molar-refractivity contribution >= 4 is 0 Å². The van der Waals surface area contributed by atoms with Gasteiger partial charge >= 0.3 is 0 Å². The van der Waals surface area contributed by atoms with E-state index >= 15 is 0 Å². The summed E-state index contributed by atoms with van der Waals surface area (Å²) < 4.78 is 0. The lowest BCUT2D eigenvalue weighted by atomic mass is 9.51. The van der Waals surface area contributed by atoms with Gasteiger partial charge in [-0.2, -0.15) is 0 Å². The van der Waals surface area contributed by atoms with Crippen molar-refractivity contribution in [3.05, 3.63) is 23.3 Å². The zero-order valence-electron chi connectivity index (χ0n) is 19.6. The van der Waals surface area contributed by atoms with Crippen LogP contribution in [0.25, 0.3) is 0 Å². The lowest BCUT2D eigenvalue weighted by Gasteiger charge is -2.54. The highest BCUT2D eigenvalue weighted by Crippen LogP contribution is 2.63. The van der Waals surface area contributed by atoms with Gasteiger partial charge in [-0.05, 0) is 91.3 Å². The highest BCUT2D eigenvalue weighted by atomic mass is 14.6. The third-order valence-corrected chi connectivity index (χ3v) is 9.74. The second kappa shape index (κ2) is 7.96. The van der Waals surface area contributed by atoms with E-state index in [2.05, 4.69) is 53.7 Å². The Balaban J connectivity index is 1.52. The zero-order valence-corrected chi connectivity index (χ0v) is 19.6. The van der Waals surface area contributed by atoms with E-state index in [4.69, 9.17) is 0 Å². The van der Waals surface area contributed by atoms with Gasteiger partial charge in [0, 0.05) is 0 Å². The molecule has 0 unspecified atom stereocenters. The molecule has 0 aromatic heterocycles. The summed E-state index contributed by atoms with van der Waals surface area (Å²) in [5.74, 6) is 7.32. The smallest absolute Gasteiger partial charge is 0.00473 e. The summed E-state index contributed by atoms with van der Waals surface area (Å²) in [6, 6.07) is 0. The molecule has 4 aliphatic rings. The molecule has 28 heavy (non-hydrogen) atoms. The molecule has 0 saturated heterocycles. The summed E-state index contributed by atoms with van der Waals surface area (Å²) in [7, 11) is 0. The molecule has 4 aliphatic carbocycles. The summed E-state index contributed by atoms with van der Waals surface area (Å²) in [5.41, 5.74) is 4.17. The topological polar surface area (TPSA) is 0 Å². The lowest BCUT2D eigenvalue weighted by molar-refractivity contribution is 0.0705. The van der Waals surface area contributed by atoms with Gasteiger partial charge in [-0.15, -0.1) is 0 Å². The van der Waals surface area contributed by atoms with E-state index in [1.807, 2.05) is 5.57 Å². The molecule has 0 radical (unpaired) electrons. The first-order chi connectivity index (χ1) is 13.3. The molecule has 3 saturated carbocycles. The van der Waals surface area contributed by atoms with Gasteiger partial charge in [-0.3, -0.25) is 0 Å². The van der Waals surface area contributed by atoms with Gasteiger partial charge in [0.25, 0.3) is 0 Å². The molecule has 0 heteroatoms. The molecule has 0 nitrogen and oxygen atoms in total. The van der Waals surface area contributed by atoms with Crippen LogP contribution in [-0.4, -0.2) is 0 Å². The molecule has 0 aromatic rings. The van der Waals surface area contributed by atoms with Crippen LogP contribution in [0.5, 0.6) is 0 Å². The molecule has 158 valence electrons. The van der Waals surface area contributed by atoms with Gasteiger partial charge in [0.1, 0.15) is 0 Å². The fourth-order valence-corrected chi connectivity index (χ4v) is 8.05.